The minimum Gasteiger partial charge on any atom is -0.392 e. The highest BCUT2D eigenvalue weighted by Gasteiger charge is 2.57. The fourth-order valence-electron chi connectivity index (χ4n) is 2.71. The number of aliphatic hydroxyl groups excluding tert-OH is 1. The Labute approximate surface area is 139 Å². The Balaban J connectivity index is 1.67. The standard InChI is InChI=1S/C18H19F2N3O/c1-21-22-17(10-16-11-18(16,19)20)23-8-6-15(7-9-23)14-4-2-13(12-24)3-5-14/h2-8,16,24H,1,9-12H2/b22-17-. The number of benzene rings is 1. The summed E-state index contributed by atoms with van der Waals surface area (Å²) in [7, 11) is 0. The van der Waals surface area contributed by atoms with Gasteiger partial charge in [0.1, 0.15) is 5.84 Å². The molecule has 1 atom stereocenters. The number of halogens is 2. The highest BCUT2D eigenvalue weighted by molar-refractivity contribution is 5.86. The Morgan fingerprint density at radius 1 is 1.33 bits per heavy atom. The van der Waals surface area contributed by atoms with Crippen molar-refractivity contribution >= 4 is 18.1 Å². The minimum absolute atomic E-state index is 0.0170. The van der Waals surface area contributed by atoms with E-state index in [1.807, 2.05) is 47.5 Å². The number of hydrogen-bond acceptors (Lipinski definition) is 3. The number of amidine groups is 1. The average molecular weight is 331 g/mol. The second kappa shape index (κ2) is 6.65. The van der Waals surface area contributed by atoms with Crippen LogP contribution in [0.15, 0.2) is 52.8 Å². The van der Waals surface area contributed by atoms with E-state index in [-0.39, 0.29) is 19.4 Å². The van der Waals surface area contributed by atoms with Gasteiger partial charge in [0.05, 0.1) is 6.61 Å². The zero-order valence-corrected chi connectivity index (χ0v) is 13.2. The van der Waals surface area contributed by atoms with Gasteiger partial charge in [0, 0.05) is 38.2 Å². The van der Waals surface area contributed by atoms with Crippen molar-refractivity contribution in [2.24, 2.45) is 16.1 Å². The molecule has 1 aromatic rings. The van der Waals surface area contributed by atoms with Crippen molar-refractivity contribution in [3.63, 3.8) is 0 Å². The molecule has 1 N–H and O–H groups in total. The lowest BCUT2D eigenvalue weighted by Crippen LogP contribution is -2.28. The van der Waals surface area contributed by atoms with E-state index in [1.54, 1.807) is 0 Å². The molecule has 1 heterocycles. The first-order valence-electron chi connectivity index (χ1n) is 7.79. The number of nitrogens with zero attached hydrogens (tertiary/aromatic N) is 3. The van der Waals surface area contributed by atoms with Crippen molar-refractivity contribution in [1.82, 2.24) is 4.90 Å². The SMILES string of the molecule is C=N/N=C(/CC1CC1(F)F)N1C=CC(c2ccc(CO)cc2)=CC1. The van der Waals surface area contributed by atoms with Gasteiger partial charge < -0.3 is 10.0 Å². The zero-order chi connectivity index (χ0) is 17.2. The van der Waals surface area contributed by atoms with Crippen LogP contribution in [0.4, 0.5) is 8.78 Å². The van der Waals surface area contributed by atoms with E-state index in [9.17, 15) is 8.78 Å². The molecule has 1 saturated carbocycles. The predicted molar refractivity (Wildman–Crippen MR) is 90.8 cm³/mol. The lowest BCUT2D eigenvalue weighted by molar-refractivity contribution is 0.0998. The molecule has 3 rings (SSSR count). The Morgan fingerprint density at radius 2 is 2.04 bits per heavy atom. The maximum Gasteiger partial charge on any atom is 0.252 e. The maximum absolute atomic E-state index is 13.1. The summed E-state index contributed by atoms with van der Waals surface area (Å²) >= 11 is 0. The van der Waals surface area contributed by atoms with Crippen LogP contribution < -0.4 is 0 Å². The summed E-state index contributed by atoms with van der Waals surface area (Å²) in [4.78, 5) is 1.81. The van der Waals surface area contributed by atoms with E-state index < -0.39 is 11.8 Å². The first kappa shape index (κ1) is 16.5. The van der Waals surface area contributed by atoms with Gasteiger partial charge in [-0.3, -0.25) is 0 Å². The third-order valence-corrected chi connectivity index (χ3v) is 4.31. The summed E-state index contributed by atoms with van der Waals surface area (Å²) in [6.45, 7) is 3.89. The number of allylic oxidation sites excluding steroid dienone is 2. The second-order valence-corrected chi connectivity index (χ2v) is 6.01. The molecule has 4 nitrogen and oxygen atoms in total. The Bertz CT molecular complexity index is 707. The molecule has 0 bridgehead atoms. The summed E-state index contributed by atoms with van der Waals surface area (Å²) < 4.78 is 26.3. The molecule has 1 unspecified atom stereocenters. The molecule has 0 aromatic heterocycles. The van der Waals surface area contributed by atoms with Crippen LogP contribution in [0.25, 0.3) is 5.57 Å². The topological polar surface area (TPSA) is 48.2 Å². The fourth-order valence-corrected chi connectivity index (χ4v) is 2.71. The molecule has 1 aliphatic carbocycles. The quantitative estimate of drug-likeness (QED) is 0.510. The Kier molecular flexibility index (Phi) is 4.57. The number of aliphatic hydroxyl groups is 1. The van der Waals surface area contributed by atoms with Gasteiger partial charge in [-0.2, -0.15) is 5.10 Å². The lowest BCUT2D eigenvalue weighted by atomic mass is 10.0. The molecule has 126 valence electrons. The molecule has 0 saturated heterocycles. The third kappa shape index (κ3) is 3.59. The summed E-state index contributed by atoms with van der Waals surface area (Å²) in [5.41, 5.74) is 2.94. The first-order chi connectivity index (χ1) is 11.5. The summed E-state index contributed by atoms with van der Waals surface area (Å²) in [6, 6.07) is 7.64. The summed E-state index contributed by atoms with van der Waals surface area (Å²) in [5.74, 6) is -2.71. The van der Waals surface area contributed by atoms with Gasteiger partial charge in [-0.05, 0) is 22.8 Å². The molecule has 0 amide bonds. The van der Waals surface area contributed by atoms with Crippen molar-refractivity contribution in [3.8, 4) is 0 Å². The van der Waals surface area contributed by atoms with Gasteiger partial charge >= 0.3 is 0 Å². The lowest BCUT2D eigenvalue weighted by Gasteiger charge is -2.24. The van der Waals surface area contributed by atoms with Crippen LogP contribution in [0.3, 0.4) is 0 Å². The van der Waals surface area contributed by atoms with Gasteiger partial charge in [-0.15, -0.1) is 5.10 Å². The van der Waals surface area contributed by atoms with E-state index in [1.165, 1.54) is 0 Å². The van der Waals surface area contributed by atoms with Crippen LogP contribution >= 0.6 is 0 Å². The molecule has 0 radical (unpaired) electrons. The third-order valence-electron chi connectivity index (χ3n) is 4.31. The molecule has 1 aromatic carbocycles. The average Bonchev–Trinajstić information content (AvgIpc) is 3.21. The van der Waals surface area contributed by atoms with Gasteiger partial charge in [0.2, 0.25) is 0 Å². The van der Waals surface area contributed by atoms with Crippen molar-refractivity contribution in [1.29, 1.82) is 0 Å². The molecule has 6 heteroatoms. The van der Waals surface area contributed by atoms with Gasteiger partial charge in [0.15, 0.2) is 0 Å². The van der Waals surface area contributed by atoms with Crippen LogP contribution in [0.5, 0.6) is 0 Å². The molecule has 1 aliphatic heterocycles. The number of rotatable bonds is 5. The van der Waals surface area contributed by atoms with Gasteiger partial charge in [-0.25, -0.2) is 8.78 Å². The van der Waals surface area contributed by atoms with Crippen molar-refractivity contribution < 1.29 is 13.9 Å². The van der Waals surface area contributed by atoms with Crippen LogP contribution in [-0.4, -0.2) is 35.0 Å². The Morgan fingerprint density at radius 3 is 2.54 bits per heavy atom. The molecule has 24 heavy (non-hydrogen) atoms. The highest BCUT2D eigenvalue weighted by Crippen LogP contribution is 2.51. The largest absolute Gasteiger partial charge is 0.392 e. The summed E-state index contributed by atoms with van der Waals surface area (Å²) in [6.07, 6.45) is 5.88. The smallest absolute Gasteiger partial charge is 0.252 e. The maximum atomic E-state index is 13.1. The van der Waals surface area contributed by atoms with Crippen LogP contribution in [-0.2, 0) is 6.61 Å². The zero-order valence-electron chi connectivity index (χ0n) is 13.2. The van der Waals surface area contributed by atoms with E-state index >= 15 is 0 Å². The second-order valence-electron chi connectivity index (χ2n) is 6.01. The minimum atomic E-state index is -2.57. The molecule has 0 spiro atoms. The van der Waals surface area contributed by atoms with Gasteiger partial charge in [-0.1, -0.05) is 30.3 Å². The Hall–Kier alpha value is -2.34. The van der Waals surface area contributed by atoms with Crippen molar-refractivity contribution in [3.05, 3.63) is 53.7 Å². The predicted octanol–water partition coefficient (Wildman–Crippen LogP) is 3.45. The van der Waals surface area contributed by atoms with Crippen molar-refractivity contribution in [2.75, 3.05) is 6.54 Å². The normalized spacial score (nSPS) is 22.3. The van der Waals surface area contributed by atoms with Crippen LogP contribution in [0.1, 0.15) is 24.0 Å². The summed E-state index contributed by atoms with van der Waals surface area (Å²) in [5, 5.41) is 16.5. The number of alkyl halides is 2. The molecule has 2 aliphatic rings. The first-order valence-corrected chi connectivity index (χ1v) is 7.79. The molecular weight excluding hydrogens is 312 g/mol. The van der Waals surface area contributed by atoms with Crippen molar-refractivity contribution in [2.45, 2.75) is 25.4 Å². The van der Waals surface area contributed by atoms with E-state index in [0.717, 1.165) is 16.7 Å². The highest BCUT2D eigenvalue weighted by atomic mass is 19.3. The van der Waals surface area contributed by atoms with Crippen LogP contribution in [0, 0.1) is 5.92 Å². The monoisotopic (exact) mass is 331 g/mol. The fraction of sp³-hybridized carbons (Fsp3) is 0.333. The molecule has 1 fully saturated rings. The van der Waals surface area contributed by atoms with Crippen LogP contribution in [0.2, 0.25) is 0 Å². The molecular formula is C18H19F2N3O. The van der Waals surface area contributed by atoms with Gasteiger partial charge in [0.25, 0.3) is 5.92 Å². The van der Waals surface area contributed by atoms with E-state index in [2.05, 4.69) is 16.9 Å². The van der Waals surface area contributed by atoms with E-state index in [4.69, 9.17) is 5.11 Å². The number of hydrogen-bond donors (Lipinski definition) is 1. The van der Waals surface area contributed by atoms with E-state index in [0.29, 0.717) is 12.4 Å².